The molecule has 1 aromatic heterocycles. The maximum atomic E-state index is 6.19. The molecule has 7 heteroatoms. The van der Waals surface area contributed by atoms with Crippen molar-refractivity contribution in [3.63, 3.8) is 0 Å². The van der Waals surface area contributed by atoms with Crippen molar-refractivity contribution in [1.29, 1.82) is 0 Å². The molecule has 1 aliphatic carbocycles. The lowest BCUT2D eigenvalue weighted by atomic mass is 10.1. The highest BCUT2D eigenvalue weighted by Crippen LogP contribution is 2.19. The van der Waals surface area contributed by atoms with Crippen molar-refractivity contribution >= 4 is 35.9 Å². The molecule has 1 saturated heterocycles. The van der Waals surface area contributed by atoms with E-state index in [1.54, 1.807) is 18.0 Å². The van der Waals surface area contributed by atoms with Gasteiger partial charge >= 0.3 is 0 Å². The maximum absolute atomic E-state index is 6.19. The van der Waals surface area contributed by atoms with E-state index in [2.05, 4.69) is 30.8 Å². The van der Waals surface area contributed by atoms with Crippen LogP contribution in [0.2, 0.25) is 0 Å². The second-order valence-electron chi connectivity index (χ2n) is 6.47. The van der Waals surface area contributed by atoms with E-state index < -0.39 is 0 Å². The Kier molecular flexibility index (Phi) is 8.43. The molecule has 3 rings (SSSR count). The van der Waals surface area contributed by atoms with Crippen LogP contribution >= 0.6 is 24.0 Å². The third-order valence-corrected chi connectivity index (χ3v) is 4.78. The number of halogens is 1. The lowest BCUT2D eigenvalue weighted by Gasteiger charge is -2.35. The Morgan fingerprint density at radius 2 is 1.84 bits per heavy atom. The molecule has 0 radical (unpaired) electrons. The van der Waals surface area contributed by atoms with Crippen LogP contribution in [-0.2, 0) is 0 Å². The number of anilines is 1. The van der Waals surface area contributed by atoms with Crippen LogP contribution in [0.1, 0.15) is 38.5 Å². The molecule has 0 aromatic carbocycles. The number of guanidine groups is 1. The van der Waals surface area contributed by atoms with Crippen molar-refractivity contribution in [3.8, 4) is 0 Å². The number of nitrogens with zero attached hydrogens (tertiary/aromatic N) is 5. The van der Waals surface area contributed by atoms with Gasteiger partial charge in [0, 0.05) is 45.1 Å². The second-order valence-corrected chi connectivity index (χ2v) is 6.47. The zero-order chi connectivity index (χ0) is 16.6. The first-order valence-corrected chi connectivity index (χ1v) is 9.07. The number of aromatic nitrogens is 2. The lowest BCUT2D eigenvalue weighted by Crippen LogP contribution is -2.51. The van der Waals surface area contributed by atoms with E-state index in [0.29, 0.717) is 5.96 Å². The van der Waals surface area contributed by atoms with E-state index >= 15 is 0 Å². The minimum atomic E-state index is 0. The molecule has 1 fully saturated rings. The van der Waals surface area contributed by atoms with Crippen LogP contribution in [-0.4, -0.2) is 53.6 Å². The van der Waals surface area contributed by atoms with E-state index in [9.17, 15) is 0 Å². The van der Waals surface area contributed by atoms with Gasteiger partial charge in [-0.2, -0.15) is 0 Å². The fourth-order valence-corrected chi connectivity index (χ4v) is 3.31. The average Bonchev–Trinajstić information content (AvgIpc) is 2.91. The highest BCUT2D eigenvalue weighted by molar-refractivity contribution is 14.0. The second kappa shape index (κ2) is 10.6. The molecule has 6 nitrogen and oxygen atoms in total. The summed E-state index contributed by atoms with van der Waals surface area (Å²) in [6, 6.07) is 1.84. The first kappa shape index (κ1) is 19.9. The van der Waals surface area contributed by atoms with E-state index in [4.69, 9.17) is 5.73 Å². The number of aliphatic imine (C=N–C) groups is 1. The van der Waals surface area contributed by atoms with Gasteiger partial charge in [0.15, 0.2) is 5.96 Å². The van der Waals surface area contributed by atoms with Gasteiger partial charge < -0.3 is 15.5 Å². The Balaban J connectivity index is 0.00000225. The minimum absolute atomic E-state index is 0. The summed E-state index contributed by atoms with van der Waals surface area (Å²) in [5.41, 5.74) is 7.75. The van der Waals surface area contributed by atoms with E-state index in [1.165, 1.54) is 32.1 Å². The Labute approximate surface area is 167 Å². The number of piperazine rings is 1. The maximum Gasteiger partial charge on any atom is 0.225 e. The van der Waals surface area contributed by atoms with Crippen LogP contribution < -0.4 is 10.6 Å². The van der Waals surface area contributed by atoms with Gasteiger partial charge in [0.05, 0.1) is 0 Å². The molecular weight excluding hydrogens is 427 g/mol. The molecule has 2 heterocycles. The molecule has 25 heavy (non-hydrogen) atoms. The Hall–Kier alpha value is -1.38. The van der Waals surface area contributed by atoms with Crippen LogP contribution in [0.25, 0.3) is 0 Å². The molecule has 0 saturated carbocycles. The zero-order valence-electron chi connectivity index (χ0n) is 14.8. The molecule has 2 N–H and O–H groups in total. The van der Waals surface area contributed by atoms with Gasteiger partial charge in [-0.05, 0) is 38.2 Å². The van der Waals surface area contributed by atoms with Gasteiger partial charge in [-0.25, -0.2) is 9.97 Å². The van der Waals surface area contributed by atoms with Gasteiger partial charge in [0.25, 0.3) is 0 Å². The number of hydrogen-bond acceptors (Lipinski definition) is 4. The molecule has 0 unspecified atom stereocenters. The summed E-state index contributed by atoms with van der Waals surface area (Å²) >= 11 is 0. The van der Waals surface area contributed by atoms with E-state index in [-0.39, 0.29) is 24.0 Å². The number of hydrogen-bond donors (Lipinski definition) is 1. The van der Waals surface area contributed by atoms with Crippen LogP contribution in [0.4, 0.5) is 5.95 Å². The van der Waals surface area contributed by atoms with E-state index in [1.807, 2.05) is 6.07 Å². The first-order chi connectivity index (χ1) is 11.8. The summed E-state index contributed by atoms with van der Waals surface area (Å²) in [6.07, 6.45) is 13.5. The van der Waals surface area contributed by atoms with Crippen LogP contribution in [0.3, 0.4) is 0 Å². The van der Waals surface area contributed by atoms with E-state index in [0.717, 1.165) is 45.1 Å². The molecular formula is C18H29IN6. The van der Waals surface area contributed by atoms with Crippen LogP contribution in [0.5, 0.6) is 0 Å². The topological polar surface area (TPSA) is 70.6 Å². The van der Waals surface area contributed by atoms with Gasteiger partial charge in [0.1, 0.15) is 0 Å². The lowest BCUT2D eigenvalue weighted by molar-refractivity contribution is 0.378. The van der Waals surface area contributed by atoms with Gasteiger partial charge in [-0.1, -0.05) is 18.1 Å². The third-order valence-electron chi connectivity index (χ3n) is 4.78. The zero-order valence-corrected chi connectivity index (χ0v) is 17.1. The van der Waals surface area contributed by atoms with Crippen molar-refractivity contribution in [3.05, 3.63) is 30.1 Å². The van der Waals surface area contributed by atoms with Crippen molar-refractivity contribution in [2.24, 2.45) is 10.7 Å². The molecule has 0 atom stereocenters. The third kappa shape index (κ3) is 6.13. The smallest absolute Gasteiger partial charge is 0.225 e. The monoisotopic (exact) mass is 456 g/mol. The number of nitrogens with two attached hydrogens (primary N) is 1. The van der Waals surface area contributed by atoms with Gasteiger partial charge in [0.2, 0.25) is 5.95 Å². The Bertz CT molecular complexity index is 566. The van der Waals surface area contributed by atoms with Crippen molar-refractivity contribution < 1.29 is 0 Å². The Morgan fingerprint density at radius 3 is 2.60 bits per heavy atom. The van der Waals surface area contributed by atoms with Crippen molar-refractivity contribution in [1.82, 2.24) is 14.9 Å². The summed E-state index contributed by atoms with van der Waals surface area (Å²) < 4.78 is 0. The predicted octanol–water partition coefficient (Wildman–Crippen LogP) is 2.81. The van der Waals surface area contributed by atoms with Gasteiger partial charge in [-0.3, -0.25) is 4.99 Å². The highest BCUT2D eigenvalue weighted by atomic mass is 127. The molecule has 0 bridgehead atoms. The number of rotatable bonds is 4. The van der Waals surface area contributed by atoms with Crippen molar-refractivity contribution in [2.75, 3.05) is 37.6 Å². The average molecular weight is 456 g/mol. The Morgan fingerprint density at radius 1 is 1.08 bits per heavy atom. The molecule has 138 valence electrons. The predicted molar refractivity (Wildman–Crippen MR) is 114 cm³/mol. The fraction of sp³-hybridized carbons (Fsp3) is 0.611. The van der Waals surface area contributed by atoms with Gasteiger partial charge in [-0.15, -0.1) is 24.0 Å². The number of allylic oxidation sites excluding steroid dienone is 1. The molecule has 0 amide bonds. The summed E-state index contributed by atoms with van der Waals surface area (Å²) in [4.78, 5) is 17.6. The standard InChI is InChI=1S/C18H28N6.HI/c19-17(20-11-8-16-6-3-1-2-4-7-16)23-12-14-24(15-13-23)18-21-9-5-10-22-18;/h5-6,9-10H,1-4,7-8,11-15H2,(H2,19,20);1H. The van der Waals surface area contributed by atoms with Crippen LogP contribution in [0, 0.1) is 0 Å². The summed E-state index contributed by atoms with van der Waals surface area (Å²) in [6.45, 7) is 4.31. The molecule has 0 spiro atoms. The summed E-state index contributed by atoms with van der Waals surface area (Å²) in [5, 5.41) is 0. The first-order valence-electron chi connectivity index (χ1n) is 9.07. The molecule has 1 aliphatic heterocycles. The van der Waals surface area contributed by atoms with Crippen LogP contribution in [0.15, 0.2) is 35.1 Å². The SMILES string of the molecule is I.NC(=NCCC1=CCCCCC1)N1CCN(c2ncccn2)CC1. The quantitative estimate of drug-likeness (QED) is 0.327. The largest absolute Gasteiger partial charge is 0.370 e. The molecule has 1 aromatic rings. The highest BCUT2D eigenvalue weighted by Gasteiger charge is 2.19. The minimum Gasteiger partial charge on any atom is -0.370 e. The molecule has 2 aliphatic rings. The van der Waals surface area contributed by atoms with Crippen molar-refractivity contribution in [2.45, 2.75) is 38.5 Å². The summed E-state index contributed by atoms with van der Waals surface area (Å²) in [5.74, 6) is 1.48. The normalized spacial score (nSPS) is 19.0. The fourth-order valence-electron chi connectivity index (χ4n) is 3.31. The summed E-state index contributed by atoms with van der Waals surface area (Å²) in [7, 11) is 0.